The molecule has 0 radical (unpaired) electrons. The molecule has 0 aliphatic carbocycles. The van der Waals surface area contributed by atoms with Gasteiger partial charge in [-0.1, -0.05) is 17.7 Å². The number of nitrogens with one attached hydrogen (secondary N) is 2. The minimum absolute atomic E-state index is 0.529. The Labute approximate surface area is 191 Å². The average Bonchev–Trinajstić information content (AvgIpc) is 2.86. The normalized spacial score (nSPS) is 9.53. The van der Waals surface area contributed by atoms with E-state index in [1.807, 2.05) is 50.4 Å². The van der Waals surface area contributed by atoms with E-state index in [0.717, 1.165) is 33.4 Å². The Morgan fingerprint density at radius 1 is 0.969 bits per heavy atom. The zero-order valence-corrected chi connectivity index (χ0v) is 18.4. The van der Waals surface area contributed by atoms with Gasteiger partial charge in [0.2, 0.25) is 0 Å². The number of carbonyl (C=O) groups excluding carboxylic acids is 1. The van der Waals surface area contributed by atoms with Crippen molar-refractivity contribution in [3.8, 4) is 29.7 Å². The van der Waals surface area contributed by atoms with Gasteiger partial charge >= 0.3 is 0 Å². The molecule has 0 aliphatic rings. The minimum Gasteiger partial charge on any atom is -0.495 e. The van der Waals surface area contributed by atoms with Crippen LogP contribution in [0.5, 0.6) is 5.75 Å². The topological polar surface area (TPSA) is 89.0 Å². The fourth-order valence-electron chi connectivity index (χ4n) is 2.95. The van der Waals surface area contributed by atoms with Crippen LogP contribution in [0.15, 0.2) is 61.2 Å². The number of pyridine rings is 1. The molecule has 0 spiro atoms. The van der Waals surface area contributed by atoms with Crippen LogP contribution in [-0.4, -0.2) is 35.9 Å². The van der Waals surface area contributed by atoms with E-state index in [0.29, 0.717) is 16.6 Å². The second-order valence-corrected chi connectivity index (χ2v) is 6.55. The molecule has 162 valence electrons. The van der Waals surface area contributed by atoms with Gasteiger partial charge in [-0.05, 0) is 42.0 Å². The van der Waals surface area contributed by atoms with Crippen molar-refractivity contribution in [3.05, 3.63) is 66.2 Å². The van der Waals surface area contributed by atoms with Gasteiger partial charge in [0.15, 0.2) is 0 Å². The van der Waals surface area contributed by atoms with Crippen LogP contribution in [0.1, 0.15) is 0 Å². The van der Waals surface area contributed by atoms with Crippen LogP contribution < -0.4 is 15.4 Å². The number of anilines is 3. The number of methoxy groups -OCH3 is 1. The third-order valence-corrected chi connectivity index (χ3v) is 4.71. The first-order valence-electron chi connectivity index (χ1n) is 9.28. The van der Waals surface area contributed by atoms with E-state index < -0.39 is 0 Å². The molecule has 0 atom stereocenters. The summed E-state index contributed by atoms with van der Waals surface area (Å²) in [6.45, 7) is 2.00. The number of halogens is 1. The second-order valence-electron chi connectivity index (χ2n) is 6.14. The number of fused-ring (bicyclic) bond motifs is 1. The minimum atomic E-state index is 0.529. The van der Waals surface area contributed by atoms with Gasteiger partial charge in [-0.3, -0.25) is 4.98 Å². The van der Waals surface area contributed by atoms with E-state index in [-0.39, 0.29) is 0 Å². The molecule has 2 N–H and O–H groups in total. The van der Waals surface area contributed by atoms with Crippen molar-refractivity contribution in [2.75, 3.05) is 24.8 Å². The van der Waals surface area contributed by atoms with E-state index in [2.05, 4.69) is 44.5 Å². The lowest BCUT2D eigenvalue weighted by Gasteiger charge is -2.11. The molecule has 0 saturated carbocycles. The summed E-state index contributed by atoms with van der Waals surface area (Å²) >= 11 is 6.24. The number of ether oxygens (including phenoxy) is 1. The highest BCUT2D eigenvalue weighted by atomic mass is 35.5. The van der Waals surface area contributed by atoms with Crippen LogP contribution in [0.25, 0.3) is 22.0 Å². The zero-order valence-electron chi connectivity index (χ0n) is 17.7. The SMILES string of the molecule is C#C.C=O.CNc1cncc(-c2ccc3ncnc(Nc4ccc(OC)c(Cl)c4)c3c2)c1. The van der Waals surface area contributed by atoms with Crippen LogP contribution >= 0.6 is 11.6 Å². The number of nitrogens with zero attached hydrogens (tertiary/aromatic N) is 3. The number of hydrogen-bond donors (Lipinski definition) is 2. The predicted molar refractivity (Wildman–Crippen MR) is 131 cm³/mol. The van der Waals surface area contributed by atoms with Gasteiger partial charge in [0, 0.05) is 36.1 Å². The first kappa shape index (κ1) is 24.1. The molecular weight excluding hydrogens is 426 g/mol. The number of benzene rings is 2. The van der Waals surface area contributed by atoms with Gasteiger partial charge in [-0.15, -0.1) is 12.8 Å². The van der Waals surface area contributed by atoms with Gasteiger partial charge in [0.05, 0.1) is 23.3 Å². The lowest BCUT2D eigenvalue weighted by Crippen LogP contribution is -1.97. The molecule has 0 bridgehead atoms. The second kappa shape index (κ2) is 11.9. The van der Waals surface area contributed by atoms with E-state index in [1.54, 1.807) is 25.7 Å². The fourth-order valence-corrected chi connectivity index (χ4v) is 3.21. The Morgan fingerprint density at radius 2 is 1.75 bits per heavy atom. The summed E-state index contributed by atoms with van der Waals surface area (Å²) in [5, 5.41) is 7.87. The summed E-state index contributed by atoms with van der Waals surface area (Å²) in [6, 6.07) is 13.6. The first-order chi connectivity index (χ1) is 15.7. The number of hydrogen-bond acceptors (Lipinski definition) is 7. The maximum absolute atomic E-state index is 8.00. The molecule has 4 aromatic rings. The number of rotatable bonds is 5. The van der Waals surface area contributed by atoms with Crippen molar-refractivity contribution in [2.45, 2.75) is 0 Å². The summed E-state index contributed by atoms with van der Waals surface area (Å²) in [4.78, 5) is 21.1. The van der Waals surface area contributed by atoms with Crippen molar-refractivity contribution in [1.82, 2.24) is 15.0 Å². The molecule has 0 saturated heterocycles. The van der Waals surface area contributed by atoms with E-state index in [4.69, 9.17) is 21.1 Å². The third-order valence-electron chi connectivity index (χ3n) is 4.41. The molecule has 2 heterocycles. The molecule has 0 amide bonds. The van der Waals surface area contributed by atoms with Crippen molar-refractivity contribution >= 4 is 46.5 Å². The lowest BCUT2D eigenvalue weighted by molar-refractivity contribution is -0.0979. The maximum atomic E-state index is 8.00. The van der Waals surface area contributed by atoms with Gasteiger partial charge in [0.1, 0.15) is 24.7 Å². The monoisotopic (exact) mass is 447 g/mol. The number of terminal acetylenes is 1. The Morgan fingerprint density at radius 3 is 2.44 bits per heavy atom. The smallest absolute Gasteiger partial charge is 0.141 e. The van der Waals surface area contributed by atoms with Gasteiger partial charge in [-0.2, -0.15) is 0 Å². The summed E-state index contributed by atoms with van der Waals surface area (Å²) < 4.78 is 5.21. The van der Waals surface area contributed by atoms with E-state index in [9.17, 15) is 0 Å². The molecule has 7 nitrogen and oxygen atoms in total. The van der Waals surface area contributed by atoms with Crippen molar-refractivity contribution in [2.24, 2.45) is 0 Å². The molecule has 32 heavy (non-hydrogen) atoms. The highest BCUT2D eigenvalue weighted by Gasteiger charge is 2.09. The maximum Gasteiger partial charge on any atom is 0.141 e. The molecule has 0 unspecified atom stereocenters. The van der Waals surface area contributed by atoms with Crippen LogP contribution in [0.3, 0.4) is 0 Å². The summed E-state index contributed by atoms with van der Waals surface area (Å²) in [6.07, 6.45) is 13.2. The summed E-state index contributed by atoms with van der Waals surface area (Å²) in [5.74, 6) is 1.32. The zero-order chi connectivity index (χ0) is 23.5. The number of carbonyl (C=O) groups is 1. The van der Waals surface area contributed by atoms with Crippen molar-refractivity contribution < 1.29 is 9.53 Å². The Kier molecular flexibility index (Phi) is 8.96. The Balaban J connectivity index is 0.000000860. The van der Waals surface area contributed by atoms with Gasteiger partial charge in [-0.25, -0.2) is 9.97 Å². The van der Waals surface area contributed by atoms with E-state index in [1.165, 1.54) is 0 Å². The van der Waals surface area contributed by atoms with Crippen molar-refractivity contribution in [3.63, 3.8) is 0 Å². The van der Waals surface area contributed by atoms with Gasteiger partial charge in [0.25, 0.3) is 0 Å². The van der Waals surface area contributed by atoms with Crippen LogP contribution in [0.2, 0.25) is 5.02 Å². The molecule has 8 heteroatoms. The molecular formula is C24H22ClN5O2. The first-order valence-corrected chi connectivity index (χ1v) is 9.66. The Bertz CT molecular complexity index is 1210. The van der Waals surface area contributed by atoms with Crippen LogP contribution in [-0.2, 0) is 4.79 Å². The molecule has 4 rings (SSSR count). The summed E-state index contributed by atoms with van der Waals surface area (Å²) in [5.41, 5.74) is 4.65. The quantitative estimate of drug-likeness (QED) is 0.406. The van der Waals surface area contributed by atoms with Crippen LogP contribution in [0, 0.1) is 12.8 Å². The molecule has 0 fully saturated rings. The Hall–Kier alpha value is -4.15. The largest absolute Gasteiger partial charge is 0.495 e. The molecule has 0 aliphatic heterocycles. The van der Waals surface area contributed by atoms with E-state index >= 15 is 0 Å². The van der Waals surface area contributed by atoms with Crippen molar-refractivity contribution in [1.29, 1.82) is 0 Å². The predicted octanol–water partition coefficient (Wildman–Crippen LogP) is 5.20. The number of aromatic nitrogens is 3. The lowest BCUT2D eigenvalue weighted by atomic mass is 10.0. The summed E-state index contributed by atoms with van der Waals surface area (Å²) in [7, 11) is 3.46. The molecule has 2 aromatic heterocycles. The fraction of sp³-hybridized carbons (Fsp3) is 0.0833. The van der Waals surface area contributed by atoms with Gasteiger partial charge < -0.3 is 20.2 Å². The highest BCUT2D eigenvalue weighted by Crippen LogP contribution is 2.32. The third kappa shape index (κ3) is 5.50. The average molecular weight is 448 g/mol. The van der Waals surface area contributed by atoms with Crippen LogP contribution in [0.4, 0.5) is 17.2 Å². The highest BCUT2D eigenvalue weighted by molar-refractivity contribution is 6.32. The molecule has 2 aromatic carbocycles. The standard InChI is InChI=1S/C21H18ClN5O.C2H2.CH2O/c1-23-16-7-14(10-24-11-16)13-3-5-19-17(8-13)21(26-12-25-19)27-15-4-6-20(28-2)18(22)9-15;2*1-2/h3-12,23H,1-2H3,(H,25,26,27);1-2H;1H2.